The van der Waals surface area contributed by atoms with Crippen LogP contribution in [-0.4, -0.2) is 26.7 Å². The topological polar surface area (TPSA) is 20.2 Å². The number of hydrogen-bond donors (Lipinski definition) is 1. The van der Waals surface area contributed by atoms with Crippen molar-refractivity contribution >= 4 is 19.4 Å². The number of benzene rings is 1. The fraction of sp³-hybridized carbons (Fsp3) is 0.455. The van der Waals surface area contributed by atoms with Crippen LogP contribution in [0, 0.1) is 5.92 Å². The molecule has 0 saturated carbocycles. The normalized spacial score (nSPS) is 13.2. The summed E-state index contributed by atoms with van der Waals surface area (Å²) >= 11 is 0.407. The summed E-state index contributed by atoms with van der Waals surface area (Å²) in [5.74, 6) is 0.574. The van der Waals surface area contributed by atoms with Gasteiger partial charge in [0.2, 0.25) is 0 Å². The van der Waals surface area contributed by atoms with Gasteiger partial charge in [-0.1, -0.05) is 0 Å². The van der Waals surface area contributed by atoms with Gasteiger partial charge in [-0.15, -0.1) is 0 Å². The Morgan fingerprint density at radius 2 is 1.85 bits per heavy atom. The molecule has 0 spiro atoms. The van der Waals surface area contributed by atoms with Crippen molar-refractivity contribution in [2.45, 2.75) is 18.7 Å². The molecule has 0 radical (unpaired) electrons. The maximum absolute atomic E-state index is 9.17. The third-order valence-electron chi connectivity index (χ3n) is 1.95. The molecule has 0 fully saturated rings. The van der Waals surface area contributed by atoms with E-state index in [0.717, 1.165) is 0 Å². The average molecular weight is 243 g/mol. The summed E-state index contributed by atoms with van der Waals surface area (Å²) in [6, 6.07) is 10.4. The van der Waals surface area contributed by atoms with Gasteiger partial charge in [0.15, 0.2) is 0 Å². The number of aliphatic hydroxyl groups excluding tert-OH is 1. The summed E-state index contributed by atoms with van der Waals surface area (Å²) in [7, 11) is 0. The second kappa shape index (κ2) is 5.43. The monoisotopic (exact) mass is 244 g/mol. The van der Waals surface area contributed by atoms with Crippen LogP contribution in [0.2, 0.25) is 4.82 Å². The van der Waals surface area contributed by atoms with Gasteiger partial charge in [-0.25, -0.2) is 0 Å². The van der Waals surface area contributed by atoms with E-state index in [1.807, 2.05) is 6.07 Å². The van der Waals surface area contributed by atoms with Crippen molar-refractivity contribution in [2.75, 3.05) is 6.61 Å². The Morgan fingerprint density at radius 1 is 1.23 bits per heavy atom. The summed E-state index contributed by atoms with van der Waals surface area (Å²) < 4.78 is 1.38. The SMILES string of the molecule is CC(C)[C@H](CO)[Se]c1ccccc1. The van der Waals surface area contributed by atoms with Crippen molar-refractivity contribution in [1.29, 1.82) is 0 Å². The molecule has 0 aliphatic carbocycles. The summed E-state index contributed by atoms with van der Waals surface area (Å²) in [6.07, 6.45) is 0. The van der Waals surface area contributed by atoms with E-state index in [-0.39, 0.29) is 0 Å². The molecule has 0 aliphatic heterocycles. The second-order valence-electron chi connectivity index (χ2n) is 3.40. The number of hydrogen-bond acceptors (Lipinski definition) is 1. The fourth-order valence-electron chi connectivity index (χ4n) is 1.06. The quantitative estimate of drug-likeness (QED) is 0.794. The zero-order valence-electron chi connectivity index (χ0n) is 8.10. The molecule has 0 heterocycles. The van der Waals surface area contributed by atoms with Crippen LogP contribution in [0.5, 0.6) is 0 Å². The molecular weight excluding hydrogens is 227 g/mol. The van der Waals surface area contributed by atoms with Gasteiger partial charge >= 0.3 is 86.0 Å². The first kappa shape index (κ1) is 10.8. The van der Waals surface area contributed by atoms with Crippen molar-refractivity contribution < 1.29 is 5.11 Å². The summed E-state index contributed by atoms with van der Waals surface area (Å²) in [6.45, 7) is 4.66. The molecular formula is C11H16OSe. The van der Waals surface area contributed by atoms with Gasteiger partial charge in [-0.05, 0) is 0 Å². The fourth-order valence-corrected chi connectivity index (χ4v) is 3.18. The van der Waals surface area contributed by atoms with E-state index >= 15 is 0 Å². The zero-order chi connectivity index (χ0) is 9.68. The third kappa shape index (κ3) is 3.51. The van der Waals surface area contributed by atoms with Gasteiger partial charge in [0.05, 0.1) is 0 Å². The van der Waals surface area contributed by atoms with Crippen LogP contribution in [-0.2, 0) is 0 Å². The molecule has 1 rings (SSSR count). The van der Waals surface area contributed by atoms with Crippen LogP contribution < -0.4 is 4.46 Å². The van der Waals surface area contributed by atoms with Crippen molar-refractivity contribution in [3.8, 4) is 0 Å². The Hall–Kier alpha value is -0.301. The van der Waals surface area contributed by atoms with Crippen LogP contribution in [0.25, 0.3) is 0 Å². The van der Waals surface area contributed by atoms with Gasteiger partial charge in [0, 0.05) is 0 Å². The molecule has 13 heavy (non-hydrogen) atoms. The Kier molecular flexibility index (Phi) is 4.51. The molecule has 0 aliphatic rings. The van der Waals surface area contributed by atoms with Crippen LogP contribution in [0.4, 0.5) is 0 Å². The third-order valence-corrected chi connectivity index (χ3v) is 5.19. The van der Waals surface area contributed by atoms with E-state index in [1.165, 1.54) is 4.46 Å². The van der Waals surface area contributed by atoms with Gasteiger partial charge in [-0.3, -0.25) is 0 Å². The molecule has 72 valence electrons. The van der Waals surface area contributed by atoms with E-state index in [2.05, 4.69) is 38.1 Å². The summed E-state index contributed by atoms with van der Waals surface area (Å²) in [5, 5.41) is 9.17. The van der Waals surface area contributed by atoms with Crippen molar-refractivity contribution in [3.05, 3.63) is 30.3 Å². The molecule has 0 amide bonds. The Labute approximate surface area is 86.3 Å². The van der Waals surface area contributed by atoms with E-state index in [4.69, 9.17) is 0 Å². The van der Waals surface area contributed by atoms with Gasteiger partial charge < -0.3 is 0 Å². The van der Waals surface area contributed by atoms with Gasteiger partial charge in [0.1, 0.15) is 0 Å². The van der Waals surface area contributed by atoms with Crippen LogP contribution in [0.15, 0.2) is 30.3 Å². The Morgan fingerprint density at radius 3 is 2.31 bits per heavy atom. The molecule has 1 N–H and O–H groups in total. The minimum atomic E-state index is 0.312. The molecule has 2 heteroatoms. The van der Waals surface area contributed by atoms with Crippen LogP contribution >= 0.6 is 0 Å². The molecule has 1 atom stereocenters. The predicted molar refractivity (Wildman–Crippen MR) is 57.5 cm³/mol. The molecule has 1 nitrogen and oxygen atoms in total. The predicted octanol–water partition coefficient (Wildman–Crippen LogP) is 1.45. The molecule has 0 unspecified atom stereocenters. The van der Waals surface area contributed by atoms with E-state index in [1.54, 1.807) is 0 Å². The maximum atomic E-state index is 9.17. The van der Waals surface area contributed by atoms with Crippen molar-refractivity contribution in [3.63, 3.8) is 0 Å². The van der Waals surface area contributed by atoms with Gasteiger partial charge in [-0.2, -0.15) is 0 Å². The number of aliphatic hydroxyl groups is 1. The van der Waals surface area contributed by atoms with Crippen LogP contribution in [0.1, 0.15) is 13.8 Å². The molecule has 0 aromatic heterocycles. The first-order chi connectivity index (χ1) is 6.24. The molecule has 1 aromatic rings. The Bertz CT molecular complexity index is 233. The first-order valence-corrected chi connectivity index (χ1v) is 6.41. The molecule has 0 saturated heterocycles. The van der Waals surface area contributed by atoms with Crippen molar-refractivity contribution in [2.24, 2.45) is 5.92 Å². The van der Waals surface area contributed by atoms with E-state index < -0.39 is 0 Å². The van der Waals surface area contributed by atoms with Crippen LogP contribution in [0.3, 0.4) is 0 Å². The van der Waals surface area contributed by atoms with E-state index in [0.29, 0.717) is 32.3 Å². The minimum absolute atomic E-state index is 0.312. The first-order valence-electron chi connectivity index (χ1n) is 4.56. The second-order valence-corrected chi connectivity index (χ2v) is 6.15. The average Bonchev–Trinajstić information content (AvgIpc) is 2.15. The Balaban J connectivity index is 2.57. The van der Waals surface area contributed by atoms with Crippen molar-refractivity contribution in [1.82, 2.24) is 0 Å². The molecule has 1 aromatic carbocycles. The summed E-state index contributed by atoms with van der Waals surface area (Å²) in [5.41, 5.74) is 0. The summed E-state index contributed by atoms with van der Waals surface area (Å²) in [4.78, 5) is 0.454. The van der Waals surface area contributed by atoms with Gasteiger partial charge in [0.25, 0.3) is 0 Å². The standard InChI is InChI=1S/C11H16OSe/c1-9(2)11(8-12)13-10-6-4-3-5-7-10/h3-7,9,11-12H,8H2,1-2H3/t11-/m0/s1. The number of rotatable bonds is 4. The zero-order valence-corrected chi connectivity index (χ0v) is 9.82. The molecule has 0 bridgehead atoms. The van der Waals surface area contributed by atoms with E-state index in [9.17, 15) is 5.11 Å².